The van der Waals surface area contributed by atoms with E-state index in [0.717, 1.165) is 6.54 Å². The van der Waals surface area contributed by atoms with Crippen molar-refractivity contribution in [1.29, 1.82) is 0 Å². The molecule has 0 saturated heterocycles. The molecule has 4 aliphatic rings. The Kier molecular flexibility index (Phi) is 3.55. The highest BCUT2D eigenvalue weighted by molar-refractivity contribution is 5.82. The maximum atomic E-state index is 2.63. The Morgan fingerprint density at radius 2 is 1.66 bits per heavy atom. The van der Waals surface area contributed by atoms with E-state index in [-0.39, 0.29) is 11.7 Å². The van der Waals surface area contributed by atoms with Gasteiger partial charge in [-0.3, -0.25) is 0 Å². The van der Waals surface area contributed by atoms with E-state index >= 15 is 0 Å². The van der Waals surface area contributed by atoms with Gasteiger partial charge in [0.25, 0.3) is 0 Å². The molecule has 2 nitrogen and oxygen atoms in total. The lowest BCUT2D eigenvalue weighted by molar-refractivity contribution is 0.0605. The summed E-state index contributed by atoms with van der Waals surface area (Å²) in [7, 11) is 0. The van der Waals surface area contributed by atoms with E-state index in [1.165, 1.54) is 44.7 Å². The molecule has 4 heterocycles. The Morgan fingerprint density at radius 1 is 0.812 bits per heavy atom. The van der Waals surface area contributed by atoms with Gasteiger partial charge in [-0.25, -0.2) is 0 Å². The van der Waals surface area contributed by atoms with Crippen LogP contribution in [0.15, 0.2) is 115 Å². The fraction of sp³-hybridized carbons (Fsp3) is 0.133. The summed E-state index contributed by atoms with van der Waals surface area (Å²) in [5, 5.41) is 0. The Labute approximate surface area is 189 Å². The van der Waals surface area contributed by atoms with E-state index in [1.807, 2.05) is 0 Å². The van der Waals surface area contributed by atoms with E-state index in [1.54, 1.807) is 0 Å². The van der Waals surface area contributed by atoms with E-state index in [9.17, 15) is 0 Å². The third-order valence-corrected chi connectivity index (χ3v) is 7.37. The molecule has 32 heavy (non-hydrogen) atoms. The highest BCUT2D eigenvalue weighted by Gasteiger charge is 2.58. The molecule has 0 amide bonds. The minimum Gasteiger partial charge on any atom is -0.337 e. The summed E-state index contributed by atoms with van der Waals surface area (Å²) in [6.07, 6.45) is 13.6. The van der Waals surface area contributed by atoms with Crippen molar-refractivity contribution in [3.05, 3.63) is 137 Å². The van der Waals surface area contributed by atoms with Crippen molar-refractivity contribution < 1.29 is 0 Å². The standard InChI is InChI=1S/C30H24N2/c1-21-14-17-29-25-19-23(22-9-3-2-4-10-22)15-16-27(25)30(32(29)20-21)26-12-6-5-11-24(26)28-13-7-8-18-31(28)30/h2-19,28H,20H2,1H3/t28?,30-/m0/s1. The molecule has 7 rings (SSSR count). The predicted octanol–water partition coefficient (Wildman–Crippen LogP) is 6.61. The van der Waals surface area contributed by atoms with Crippen LogP contribution in [-0.4, -0.2) is 16.3 Å². The average Bonchev–Trinajstić information content (AvgIpc) is 3.31. The van der Waals surface area contributed by atoms with Gasteiger partial charge in [0.2, 0.25) is 0 Å². The zero-order valence-electron chi connectivity index (χ0n) is 18.1. The number of benzene rings is 3. The van der Waals surface area contributed by atoms with Crippen molar-refractivity contribution in [3.8, 4) is 11.1 Å². The van der Waals surface area contributed by atoms with Crippen LogP contribution in [-0.2, 0) is 5.66 Å². The number of hydrogen-bond donors (Lipinski definition) is 0. The highest BCUT2D eigenvalue weighted by atomic mass is 15.4. The van der Waals surface area contributed by atoms with Crippen molar-refractivity contribution in [2.75, 3.05) is 6.54 Å². The Bertz CT molecular complexity index is 1370. The Morgan fingerprint density at radius 3 is 2.56 bits per heavy atom. The summed E-state index contributed by atoms with van der Waals surface area (Å²) in [4.78, 5) is 5.20. The quantitative estimate of drug-likeness (QED) is 0.444. The molecule has 0 N–H and O–H groups in total. The molecule has 1 spiro atoms. The van der Waals surface area contributed by atoms with Crippen LogP contribution in [0.25, 0.3) is 16.8 Å². The van der Waals surface area contributed by atoms with Gasteiger partial charge in [0.15, 0.2) is 5.66 Å². The van der Waals surface area contributed by atoms with Gasteiger partial charge in [-0.1, -0.05) is 90.5 Å². The second-order valence-corrected chi connectivity index (χ2v) is 9.12. The summed E-state index contributed by atoms with van der Waals surface area (Å²) in [6.45, 7) is 3.17. The summed E-state index contributed by atoms with van der Waals surface area (Å²) in [6, 6.07) is 27.0. The molecule has 0 aromatic heterocycles. The number of rotatable bonds is 1. The third kappa shape index (κ3) is 2.14. The number of allylic oxidation sites excluding steroid dienone is 4. The molecular formula is C30H24N2. The van der Waals surface area contributed by atoms with Gasteiger partial charge in [0.05, 0.1) is 6.04 Å². The lowest BCUT2D eigenvalue weighted by atomic mass is 9.88. The van der Waals surface area contributed by atoms with Gasteiger partial charge in [-0.2, -0.15) is 0 Å². The summed E-state index contributed by atoms with van der Waals surface area (Å²) in [5.74, 6) is 0. The minimum absolute atomic E-state index is 0.253. The van der Waals surface area contributed by atoms with Crippen LogP contribution in [0, 0.1) is 0 Å². The third-order valence-electron chi connectivity index (χ3n) is 7.37. The molecular weight excluding hydrogens is 388 g/mol. The van der Waals surface area contributed by atoms with Crippen molar-refractivity contribution >= 4 is 5.70 Å². The largest absolute Gasteiger partial charge is 0.337 e. The number of nitrogens with zero attached hydrogens (tertiary/aromatic N) is 2. The van der Waals surface area contributed by atoms with Crippen LogP contribution in [0.1, 0.15) is 35.2 Å². The first-order valence-electron chi connectivity index (χ1n) is 11.4. The van der Waals surface area contributed by atoms with Gasteiger partial charge < -0.3 is 9.80 Å². The first-order chi connectivity index (χ1) is 15.8. The normalized spacial score (nSPS) is 24.1. The number of hydrogen-bond acceptors (Lipinski definition) is 2. The zero-order valence-corrected chi connectivity index (χ0v) is 18.1. The van der Waals surface area contributed by atoms with E-state index in [2.05, 4.69) is 126 Å². The molecule has 0 aliphatic carbocycles. The maximum absolute atomic E-state index is 2.63. The van der Waals surface area contributed by atoms with Crippen molar-refractivity contribution in [3.63, 3.8) is 0 Å². The number of fused-ring (bicyclic) bond motifs is 10. The lowest BCUT2D eigenvalue weighted by Gasteiger charge is -2.47. The second-order valence-electron chi connectivity index (χ2n) is 9.12. The SMILES string of the molecule is CC1=CC=C2c3cc(-c4ccccc4)ccc3[C@]3(c4ccccc4C4C=CC=CN43)N2C1. The summed E-state index contributed by atoms with van der Waals surface area (Å²) in [5.41, 5.74) is 10.4. The first kappa shape index (κ1) is 17.9. The van der Waals surface area contributed by atoms with Gasteiger partial charge in [-0.05, 0) is 41.8 Å². The summed E-state index contributed by atoms with van der Waals surface area (Å²) < 4.78 is 0. The predicted molar refractivity (Wildman–Crippen MR) is 130 cm³/mol. The van der Waals surface area contributed by atoms with Gasteiger partial charge in [0, 0.05) is 35.1 Å². The van der Waals surface area contributed by atoms with Gasteiger partial charge in [-0.15, -0.1) is 0 Å². The van der Waals surface area contributed by atoms with E-state index in [0.29, 0.717) is 0 Å². The zero-order chi connectivity index (χ0) is 21.3. The molecule has 1 unspecified atom stereocenters. The van der Waals surface area contributed by atoms with Crippen molar-refractivity contribution in [2.24, 2.45) is 0 Å². The van der Waals surface area contributed by atoms with Crippen molar-refractivity contribution in [2.45, 2.75) is 18.6 Å². The molecule has 0 bridgehead atoms. The second kappa shape index (κ2) is 6.37. The van der Waals surface area contributed by atoms with Crippen LogP contribution in [0.4, 0.5) is 0 Å². The molecule has 0 saturated carbocycles. The van der Waals surface area contributed by atoms with E-state index < -0.39 is 0 Å². The molecule has 2 atom stereocenters. The van der Waals surface area contributed by atoms with Crippen LogP contribution >= 0.6 is 0 Å². The van der Waals surface area contributed by atoms with Gasteiger partial charge >= 0.3 is 0 Å². The average molecular weight is 413 g/mol. The molecule has 2 heteroatoms. The maximum Gasteiger partial charge on any atom is 0.168 e. The molecule has 0 radical (unpaired) electrons. The monoisotopic (exact) mass is 412 g/mol. The molecule has 154 valence electrons. The molecule has 0 fully saturated rings. The van der Waals surface area contributed by atoms with E-state index in [4.69, 9.17) is 0 Å². The summed E-state index contributed by atoms with van der Waals surface area (Å²) >= 11 is 0. The van der Waals surface area contributed by atoms with Crippen LogP contribution in [0.2, 0.25) is 0 Å². The minimum atomic E-state index is -0.325. The topological polar surface area (TPSA) is 6.48 Å². The Balaban J connectivity index is 1.54. The fourth-order valence-corrected chi connectivity index (χ4v) is 6.08. The van der Waals surface area contributed by atoms with Crippen LogP contribution < -0.4 is 0 Å². The fourth-order valence-electron chi connectivity index (χ4n) is 6.08. The molecule has 3 aromatic carbocycles. The molecule has 3 aromatic rings. The van der Waals surface area contributed by atoms with Crippen LogP contribution in [0.3, 0.4) is 0 Å². The first-order valence-corrected chi connectivity index (χ1v) is 11.4. The smallest absolute Gasteiger partial charge is 0.168 e. The van der Waals surface area contributed by atoms with Crippen LogP contribution in [0.5, 0.6) is 0 Å². The Hall–Kier alpha value is -3.78. The van der Waals surface area contributed by atoms with Gasteiger partial charge in [0.1, 0.15) is 0 Å². The van der Waals surface area contributed by atoms with Crippen molar-refractivity contribution in [1.82, 2.24) is 9.80 Å². The lowest BCUT2D eigenvalue weighted by Crippen LogP contribution is -2.51. The highest BCUT2D eigenvalue weighted by Crippen LogP contribution is 2.60. The molecule has 4 aliphatic heterocycles.